The van der Waals surface area contributed by atoms with Gasteiger partial charge in [0.05, 0.1) is 18.1 Å². The van der Waals surface area contributed by atoms with Gasteiger partial charge in [-0.1, -0.05) is 18.2 Å². The SMILES string of the molecule is Cc1ccc(C(=O)Nc2ccc(CC#N)cc2)c(F)c1. The predicted octanol–water partition coefficient (Wildman–Crippen LogP) is 3.45. The molecule has 1 N–H and O–H groups in total. The Hall–Kier alpha value is -2.67. The van der Waals surface area contributed by atoms with E-state index in [1.54, 1.807) is 37.3 Å². The van der Waals surface area contributed by atoms with Gasteiger partial charge in [-0.3, -0.25) is 4.79 Å². The highest BCUT2D eigenvalue weighted by Crippen LogP contribution is 2.14. The third-order valence-electron chi connectivity index (χ3n) is 2.86. The normalized spacial score (nSPS) is 9.85. The quantitative estimate of drug-likeness (QED) is 0.926. The van der Waals surface area contributed by atoms with Gasteiger partial charge in [0.25, 0.3) is 5.91 Å². The summed E-state index contributed by atoms with van der Waals surface area (Å²) in [6.45, 7) is 1.76. The number of aryl methyl sites for hydroxylation is 1. The summed E-state index contributed by atoms with van der Waals surface area (Å²) in [6.07, 6.45) is 0.320. The fourth-order valence-electron chi connectivity index (χ4n) is 1.80. The van der Waals surface area contributed by atoms with Crippen molar-refractivity contribution in [1.82, 2.24) is 0 Å². The molecule has 20 heavy (non-hydrogen) atoms. The van der Waals surface area contributed by atoms with Gasteiger partial charge in [-0.15, -0.1) is 0 Å². The second-order valence-corrected chi connectivity index (χ2v) is 4.47. The number of carbonyl (C=O) groups is 1. The summed E-state index contributed by atoms with van der Waals surface area (Å²) in [5.74, 6) is -1.03. The highest BCUT2D eigenvalue weighted by atomic mass is 19.1. The van der Waals surface area contributed by atoms with Crippen LogP contribution < -0.4 is 5.32 Å². The van der Waals surface area contributed by atoms with Crippen molar-refractivity contribution in [2.24, 2.45) is 0 Å². The molecule has 0 heterocycles. The van der Waals surface area contributed by atoms with Crippen LogP contribution in [-0.2, 0) is 6.42 Å². The van der Waals surface area contributed by atoms with E-state index in [0.717, 1.165) is 11.1 Å². The van der Waals surface area contributed by atoms with Gasteiger partial charge >= 0.3 is 0 Å². The summed E-state index contributed by atoms with van der Waals surface area (Å²) in [5.41, 5.74) is 2.21. The van der Waals surface area contributed by atoms with Gasteiger partial charge in [-0.25, -0.2) is 4.39 Å². The fourth-order valence-corrected chi connectivity index (χ4v) is 1.80. The third kappa shape index (κ3) is 3.21. The van der Waals surface area contributed by atoms with Crippen LogP contribution in [0.1, 0.15) is 21.5 Å². The summed E-state index contributed by atoms with van der Waals surface area (Å²) in [7, 11) is 0. The van der Waals surface area contributed by atoms with E-state index in [4.69, 9.17) is 5.26 Å². The lowest BCUT2D eigenvalue weighted by molar-refractivity contribution is 0.102. The number of nitrogens with zero attached hydrogens (tertiary/aromatic N) is 1. The molecule has 0 aliphatic heterocycles. The van der Waals surface area contributed by atoms with E-state index < -0.39 is 11.7 Å². The van der Waals surface area contributed by atoms with Gasteiger partial charge in [0.2, 0.25) is 0 Å². The molecule has 0 saturated carbocycles. The standard InChI is InChI=1S/C16H13FN2O/c1-11-2-7-14(15(17)10-11)16(20)19-13-5-3-12(4-6-13)8-9-18/h2-7,10H,8H2,1H3,(H,19,20). The number of benzene rings is 2. The lowest BCUT2D eigenvalue weighted by Crippen LogP contribution is -2.13. The van der Waals surface area contributed by atoms with Crippen LogP contribution in [0.3, 0.4) is 0 Å². The smallest absolute Gasteiger partial charge is 0.258 e. The van der Waals surface area contributed by atoms with Crippen molar-refractivity contribution in [2.45, 2.75) is 13.3 Å². The summed E-state index contributed by atoms with van der Waals surface area (Å²) < 4.78 is 13.7. The molecule has 1 amide bonds. The second kappa shape index (κ2) is 5.98. The second-order valence-electron chi connectivity index (χ2n) is 4.47. The molecular weight excluding hydrogens is 255 g/mol. The van der Waals surface area contributed by atoms with E-state index >= 15 is 0 Å². The number of nitriles is 1. The number of hydrogen-bond donors (Lipinski definition) is 1. The van der Waals surface area contributed by atoms with Crippen LogP contribution in [0.5, 0.6) is 0 Å². The molecule has 0 radical (unpaired) electrons. The molecule has 0 saturated heterocycles. The molecule has 0 aliphatic rings. The predicted molar refractivity (Wildman–Crippen MR) is 74.8 cm³/mol. The number of anilines is 1. The largest absolute Gasteiger partial charge is 0.322 e. The van der Waals surface area contributed by atoms with E-state index in [2.05, 4.69) is 5.32 Å². The van der Waals surface area contributed by atoms with Gasteiger partial charge in [0.15, 0.2) is 0 Å². The Bertz CT molecular complexity index is 672. The van der Waals surface area contributed by atoms with Gasteiger partial charge in [-0.05, 0) is 42.3 Å². The van der Waals surface area contributed by atoms with Crippen LogP contribution in [0.15, 0.2) is 42.5 Å². The molecule has 4 heteroatoms. The molecule has 0 bridgehead atoms. The van der Waals surface area contributed by atoms with Crippen LogP contribution in [0.4, 0.5) is 10.1 Å². The summed E-state index contributed by atoms with van der Waals surface area (Å²) in [6, 6.07) is 13.4. The molecular formula is C16H13FN2O. The van der Waals surface area contributed by atoms with Gasteiger partial charge in [0, 0.05) is 5.69 Å². The first-order valence-corrected chi connectivity index (χ1v) is 6.13. The maximum atomic E-state index is 13.7. The Labute approximate surface area is 116 Å². The molecule has 0 unspecified atom stereocenters. The van der Waals surface area contributed by atoms with Gasteiger partial charge in [0.1, 0.15) is 5.82 Å². The molecule has 0 aromatic heterocycles. The van der Waals surface area contributed by atoms with Gasteiger partial charge < -0.3 is 5.32 Å². The van der Waals surface area contributed by atoms with Crippen LogP contribution in [0, 0.1) is 24.1 Å². The van der Waals surface area contributed by atoms with Crippen LogP contribution in [0.25, 0.3) is 0 Å². The maximum absolute atomic E-state index is 13.7. The zero-order valence-electron chi connectivity index (χ0n) is 11.0. The summed E-state index contributed by atoms with van der Waals surface area (Å²) in [4.78, 5) is 12.0. The van der Waals surface area contributed by atoms with Crippen molar-refractivity contribution in [3.05, 3.63) is 65.0 Å². The van der Waals surface area contributed by atoms with Crippen LogP contribution in [-0.4, -0.2) is 5.91 Å². The van der Waals surface area contributed by atoms with Crippen molar-refractivity contribution in [3.8, 4) is 6.07 Å². The molecule has 2 aromatic rings. The Balaban J connectivity index is 2.13. The van der Waals surface area contributed by atoms with Crippen molar-refractivity contribution in [2.75, 3.05) is 5.32 Å². The van der Waals surface area contributed by atoms with Gasteiger partial charge in [-0.2, -0.15) is 5.26 Å². The molecule has 0 atom stereocenters. The van der Waals surface area contributed by atoms with Crippen molar-refractivity contribution in [3.63, 3.8) is 0 Å². The number of rotatable bonds is 3. The Morgan fingerprint density at radius 2 is 1.95 bits per heavy atom. The minimum Gasteiger partial charge on any atom is -0.322 e. The first kappa shape index (κ1) is 13.8. The van der Waals surface area contributed by atoms with Crippen molar-refractivity contribution >= 4 is 11.6 Å². The summed E-state index contributed by atoms with van der Waals surface area (Å²) >= 11 is 0. The lowest BCUT2D eigenvalue weighted by Gasteiger charge is -2.07. The van der Waals surface area contributed by atoms with Crippen LogP contribution in [0.2, 0.25) is 0 Å². The topological polar surface area (TPSA) is 52.9 Å². The van der Waals surface area contributed by atoms with Crippen LogP contribution >= 0.6 is 0 Å². The van der Waals surface area contributed by atoms with Crippen molar-refractivity contribution < 1.29 is 9.18 Å². The number of nitrogens with one attached hydrogen (secondary N) is 1. The number of carbonyl (C=O) groups excluding carboxylic acids is 1. The summed E-state index contributed by atoms with van der Waals surface area (Å²) in [5, 5.41) is 11.2. The average Bonchev–Trinajstić information content (AvgIpc) is 2.41. The zero-order valence-corrected chi connectivity index (χ0v) is 11.0. The molecule has 2 aromatic carbocycles. The minimum absolute atomic E-state index is 0.0108. The highest BCUT2D eigenvalue weighted by molar-refractivity contribution is 6.04. The Morgan fingerprint density at radius 1 is 1.25 bits per heavy atom. The Kier molecular flexibility index (Phi) is 4.11. The molecule has 0 fully saturated rings. The third-order valence-corrected chi connectivity index (χ3v) is 2.86. The zero-order chi connectivity index (χ0) is 14.5. The average molecular weight is 268 g/mol. The Morgan fingerprint density at radius 3 is 2.55 bits per heavy atom. The maximum Gasteiger partial charge on any atom is 0.258 e. The monoisotopic (exact) mass is 268 g/mol. The number of hydrogen-bond acceptors (Lipinski definition) is 2. The highest BCUT2D eigenvalue weighted by Gasteiger charge is 2.11. The molecule has 3 nitrogen and oxygen atoms in total. The fraction of sp³-hybridized carbons (Fsp3) is 0.125. The number of amides is 1. The van der Waals surface area contributed by atoms with E-state index in [-0.39, 0.29) is 5.56 Å². The molecule has 100 valence electrons. The number of halogens is 1. The van der Waals surface area contributed by atoms with E-state index in [1.165, 1.54) is 12.1 Å². The molecule has 2 rings (SSSR count). The first-order valence-electron chi connectivity index (χ1n) is 6.13. The van der Waals surface area contributed by atoms with E-state index in [9.17, 15) is 9.18 Å². The van der Waals surface area contributed by atoms with E-state index in [0.29, 0.717) is 12.1 Å². The van der Waals surface area contributed by atoms with Crippen molar-refractivity contribution in [1.29, 1.82) is 5.26 Å². The molecule has 0 spiro atoms. The molecule has 0 aliphatic carbocycles. The minimum atomic E-state index is -0.538. The van der Waals surface area contributed by atoms with E-state index in [1.807, 2.05) is 6.07 Å². The lowest BCUT2D eigenvalue weighted by atomic mass is 10.1. The first-order chi connectivity index (χ1) is 9.60.